The summed E-state index contributed by atoms with van der Waals surface area (Å²) in [4.78, 5) is 14.5. The molecule has 0 amide bonds. The number of oxazole rings is 1. The van der Waals surface area contributed by atoms with E-state index in [4.69, 9.17) is 4.42 Å². The van der Waals surface area contributed by atoms with E-state index in [9.17, 15) is 10.1 Å². The Morgan fingerprint density at radius 2 is 1.67 bits per heavy atom. The fourth-order valence-corrected chi connectivity index (χ4v) is 2.22. The Hall–Kier alpha value is -2.60. The smallest absolute Gasteiger partial charge is 0.269 e. The second-order valence-electron chi connectivity index (χ2n) is 4.34. The molecule has 5 nitrogen and oxygen atoms in total. The zero-order chi connectivity index (χ0) is 14.8. The molecule has 0 atom stereocenters. The quantitative estimate of drug-likeness (QED) is 0.447. The summed E-state index contributed by atoms with van der Waals surface area (Å²) in [6.45, 7) is 0. The Kier molecular flexibility index (Phi) is 3.45. The molecule has 0 radical (unpaired) electrons. The van der Waals surface area contributed by atoms with Crippen LogP contribution < -0.4 is 0 Å². The van der Waals surface area contributed by atoms with Gasteiger partial charge in [0.2, 0.25) is 0 Å². The van der Waals surface area contributed by atoms with Gasteiger partial charge >= 0.3 is 0 Å². The molecular weight excluding hydrogens is 288 g/mol. The fraction of sp³-hybridized carbons (Fsp3) is 0. The molecular formula is C15H10N2O3S. The van der Waals surface area contributed by atoms with Gasteiger partial charge in [0.05, 0.1) is 4.92 Å². The number of aromatic nitrogens is 1. The van der Waals surface area contributed by atoms with Gasteiger partial charge in [-0.05, 0) is 12.1 Å². The highest BCUT2D eigenvalue weighted by atomic mass is 32.1. The Labute approximate surface area is 125 Å². The van der Waals surface area contributed by atoms with Gasteiger partial charge in [-0.2, -0.15) is 0 Å². The van der Waals surface area contributed by atoms with Gasteiger partial charge in [0, 0.05) is 23.3 Å². The van der Waals surface area contributed by atoms with E-state index >= 15 is 0 Å². The van der Waals surface area contributed by atoms with Crippen LogP contribution in [0.4, 0.5) is 5.69 Å². The van der Waals surface area contributed by atoms with Gasteiger partial charge in [-0.1, -0.05) is 43.0 Å². The number of nitrogens with zero attached hydrogens (tertiary/aromatic N) is 2. The molecule has 0 N–H and O–H groups in total. The summed E-state index contributed by atoms with van der Waals surface area (Å²) in [5.41, 5.74) is 2.31. The molecule has 0 aliphatic heterocycles. The van der Waals surface area contributed by atoms with Crippen molar-refractivity contribution in [3.05, 3.63) is 64.7 Å². The summed E-state index contributed by atoms with van der Waals surface area (Å²) in [5, 5.41) is 11.0. The van der Waals surface area contributed by atoms with Crippen LogP contribution in [-0.4, -0.2) is 9.91 Å². The molecule has 3 rings (SSSR count). The van der Waals surface area contributed by atoms with Crippen LogP contribution in [0, 0.1) is 10.1 Å². The maximum Gasteiger partial charge on any atom is 0.269 e. The first kappa shape index (κ1) is 13.4. The molecule has 0 saturated carbocycles. The molecule has 6 heteroatoms. The Morgan fingerprint density at radius 1 is 1.00 bits per heavy atom. The number of hydrogen-bond acceptors (Lipinski definition) is 5. The molecule has 2 aromatic carbocycles. The number of benzene rings is 2. The van der Waals surface area contributed by atoms with Crippen LogP contribution in [0.3, 0.4) is 0 Å². The van der Waals surface area contributed by atoms with Gasteiger partial charge in [-0.15, -0.1) is 0 Å². The van der Waals surface area contributed by atoms with Crippen LogP contribution in [0.5, 0.6) is 0 Å². The van der Waals surface area contributed by atoms with Gasteiger partial charge in [0.25, 0.3) is 10.9 Å². The van der Waals surface area contributed by atoms with Crippen molar-refractivity contribution in [3.8, 4) is 22.6 Å². The van der Waals surface area contributed by atoms with Gasteiger partial charge in [0.15, 0.2) is 5.76 Å². The van der Waals surface area contributed by atoms with Crippen LogP contribution >= 0.6 is 12.6 Å². The van der Waals surface area contributed by atoms with Crippen LogP contribution in [-0.2, 0) is 0 Å². The summed E-state index contributed by atoms with van der Waals surface area (Å²) in [7, 11) is 0. The average molecular weight is 298 g/mol. The predicted molar refractivity (Wildman–Crippen MR) is 81.3 cm³/mol. The van der Waals surface area contributed by atoms with Gasteiger partial charge in [-0.3, -0.25) is 10.1 Å². The molecule has 21 heavy (non-hydrogen) atoms. The highest BCUT2D eigenvalue weighted by Crippen LogP contribution is 2.34. The first-order valence-electron chi connectivity index (χ1n) is 6.15. The standard InChI is InChI=1S/C15H10N2O3S/c18-17(19)12-8-6-11(7-9-12)14-13(16-15(21)20-14)10-4-2-1-3-5-10/h1-9H,(H,16,21). The lowest BCUT2D eigenvalue weighted by Crippen LogP contribution is -1.87. The Balaban J connectivity index is 2.09. The average Bonchev–Trinajstić information content (AvgIpc) is 2.90. The first-order valence-corrected chi connectivity index (χ1v) is 6.60. The maximum absolute atomic E-state index is 10.7. The minimum Gasteiger partial charge on any atom is -0.431 e. The van der Waals surface area contributed by atoms with Gasteiger partial charge in [-0.25, -0.2) is 4.98 Å². The number of rotatable bonds is 3. The summed E-state index contributed by atoms with van der Waals surface area (Å²) in [6.07, 6.45) is 0. The summed E-state index contributed by atoms with van der Waals surface area (Å²) >= 11 is 4.14. The van der Waals surface area contributed by atoms with Crippen molar-refractivity contribution in [3.63, 3.8) is 0 Å². The summed E-state index contributed by atoms with van der Waals surface area (Å²) < 4.78 is 5.54. The Bertz CT molecular complexity index is 782. The lowest BCUT2D eigenvalue weighted by atomic mass is 10.1. The molecule has 0 spiro atoms. The maximum atomic E-state index is 10.7. The molecule has 0 saturated heterocycles. The largest absolute Gasteiger partial charge is 0.431 e. The number of thiol groups is 1. The second kappa shape index (κ2) is 5.41. The SMILES string of the molecule is O=[N+]([O-])c1ccc(-c2oc(S)nc2-c2ccccc2)cc1. The zero-order valence-corrected chi connectivity index (χ0v) is 11.7. The molecule has 0 unspecified atom stereocenters. The molecule has 1 heterocycles. The number of non-ortho nitro benzene ring substituents is 1. The molecule has 0 fully saturated rings. The van der Waals surface area contributed by atoms with Crippen molar-refractivity contribution in [1.82, 2.24) is 4.98 Å². The fourth-order valence-electron chi connectivity index (χ4n) is 2.03. The molecule has 0 aliphatic rings. The highest BCUT2D eigenvalue weighted by molar-refractivity contribution is 7.80. The van der Waals surface area contributed by atoms with E-state index in [1.54, 1.807) is 12.1 Å². The van der Waals surface area contributed by atoms with E-state index in [-0.39, 0.29) is 10.9 Å². The molecule has 0 aliphatic carbocycles. The van der Waals surface area contributed by atoms with E-state index in [0.717, 1.165) is 5.56 Å². The zero-order valence-electron chi connectivity index (χ0n) is 10.8. The first-order chi connectivity index (χ1) is 10.1. The van der Waals surface area contributed by atoms with Gasteiger partial charge < -0.3 is 4.42 Å². The highest BCUT2D eigenvalue weighted by Gasteiger charge is 2.16. The van der Waals surface area contributed by atoms with Crippen molar-refractivity contribution in [2.24, 2.45) is 0 Å². The molecule has 1 aromatic heterocycles. The predicted octanol–water partition coefficient (Wildman–Crippen LogP) is 4.21. The van der Waals surface area contributed by atoms with Crippen LogP contribution in [0.25, 0.3) is 22.6 Å². The third-order valence-corrected chi connectivity index (χ3v) is 3.19. The van der Waals surface area contributed by atoms with Crippen molar-refractivity contribution in [2.45, 2.75) is 5.22 Å². The van der Waals surface area contributed by atoms with Crippen LogP contribution in [0.15, 0.2) is 64.2 Å². The molecule has 0 bridgehead atoms. The lowest BCUT2D eigenvalue weighted by Gasteiger charge is -2.01. The van der Waals surface area contributed by atoms with Gasteiger partial charge in [0.1, 0.15) is 5.69 Å². The van der Waals surface area contributed by atoms with E-state index < -0.39 is 4.92 Å². The minimum atomic E-state index is -0.438. The van der Waals surface area contributed by atoms with E-state index in [1.807, 2.05) is 30.3 Å². The third-order valence-electron chi connectivity index (χ3n) is 3.00. The van der Waals surface area contributed by atoms with Crippen molar-refractivity contribution < 1.29 is 9.34 Å². The second-order valence-corrected chi connectivity index (χ2v) is 4.73. The van der Waals surface area contributed by atoms with E-state index in [2.05, 4.69) is 17.6 Å². The minimum absolute atomic E-state index is 0.0330. The van der Waals surface area contributed by atoms with E-state index in [1.165, 1.54) is 12.1 Å². The normalized spacial score (nSPS) is 10.5. The van der Waals surface area contributed by atoms with Crippen molar-refractivity contribution >= 4 is 18.3 Å². The van der Waals surface area contributed by atoms with Crippen molar-refractivity contribution in [1.29, 1.82) is 0 Å². The number of nitro benzene ring substituents is 1. The van der Waals surface area contributed by atoms with E-state index in [0.29, 0.717) is 17.0 Å². The topological polar surface area (TPSA) is 69.2 Å². The van der Waals surface area contributed by atoms with Crippen LogP contribution in [0.2, 0.25) is 0 Å². The molecule has 3 aromatic rings. The number of hydrogen-bond donors (Lipinski definition) is 1. The third kappa shape index (κ3) is 2.66. The summed E-state index contributed by atoms with van der Waals surface area (Å²) in [5.74, 6) is 0.543. The Morgan fingerprint density at radius 3 is 2.29 bits per heavy atom. The monoisotopic (exact) mass is 298 g/mol. The lowest BCUT2D eigenvalue weighted by molar-refractivity contribution is -0.384. The number of nitro groups is 1. The van der Waals surface area contributed by atoms with Crippen molar-refractivity contribution in [2.75, 3.05) is 0 Å². The van der Waals surface area contributed by atoms with Crippen LogP contribution in [0.1, 0.15) is 0 Å². The molecule has 104 valence electrons. The summed E-state index contributed by atoms with van der Waals surface area (Å²) in [6, 6.07) is 15.7.